The van der Waals surface area contributed by atoms with Crippen LogP contribution in [0.1, 0.15) is 12.5 Å². The van der Waals surface area contributed by atoms with E-state index in [1.54, 1.807) is 19.2 Å². The van der Waals surface area contributed by atoms with Gasteiger partial charge in [-0.3, -0.25) is 9.69 Å². The summed E-state index contributed by atoms with van der Waals surface area (Å²) in [6.45, 7) is 5.98. The molecule has 28 heavy (non-hydrogen) atoms. The maximum Gasteiger partial charge on any atom is 0.237 e. The van der Waals surface area contributed by atoms with E-state index in [9.17, 15) is 9.18 Å². The smallest absolute Gasteiger partial charge is 0.237 e. The molecule has 3 rings (SSSR count). The van der Waals surface area contributed by atoms with Gasteiger partial charge >= 0.3 is 0 Å². The molecular formula is C22H28FN3O2. The minimum atomic E-state index is -0.241. The van der Waals surface area contributed by atoms with Crippen LogP contribution in [0.5, 0.6) is 5.75 Å². The molecule has 2 aromatic carbocycles. The van der Waals surface area contributed by atoms with E-state index in [1.165, 1.54) is 17.8 Å². The van der Waals surface area contributed by atoms with Crippen molar-refractivity contribution in [1.29, 1.82) is 0 Å². The van der Waals surface area contributed by atoms with Crippen molar-refractivity contribution < 1.29 is 13.9 Å². The molecule has 1 N–H and O–H groups in total. The van der Waals surface area contributed by atoms with E-state index in [0.717, 1.165) is 37.5 Å². The van der Waals surface area contributed by atoms with Gasteiger partial charge < -0.3 is 15.0 Å². The fourth-order valence-electron chi connectivity index (χ4n) is 3.46. The summed E-state index contributed by atoms with van der Waals surface area (Å²) < 4.78 is 18.1. The molecular weight excluding hydrogens is 357 g/mol. The molecule has 1 fully saturated rings. The molecule has 1 amide bonds. The number of rotatable bonds is 7. The quantitative estimate of drug-likeness (QED) is 0.796. The summed E-state index contributed by atoms with van der Waals surface area (Å²) in [4.78, 5) is 17.0. The van der Waals surface area contributed by atoms with Gasteiger partial charge in [-0.05, 0) is 55.3 Å². The maximum atomic E-state index is 12.9. The second kappa shape index (κ2) is 9.55. The van der Waals surface area contributed by atoms with Crippen LogP contribution < -0.4 is 15.0 Å². The lowest BCUT2D eigenvalue weighted by atomic mass is 10.1. The Morgan fingerprint density at radius 1 is 1.07 bits per heavy atom. The monoisotopic (exact) mass is 385 g/mol. The number of hydrogen-bond donors (Lipinski definition) is 1. The van der Waals surface area contributed by atoms with Gasteiger partial charge in [0.25, 0.3) is 0 Å². The molecule has 6 heteroatoms. The lowest BCUT2D eigenvalue weighted by Gasteiger charge is -2.38. The third kappa shape index (κ3) is 5.23. The van der Waals surface area contributed by atoms with Crippen molar-refractivity contribution in [2.24, 2.45) is 0 Å². The molecule has 1 heterocycles. The summed E-state index contributed by atoms with van der Waals surface area (Å²) >= 11 is 0. The second-order valence-electron chi connectivity index (χ2n) is 7.06. The molecule has 2 aromatic rings. The predicted molar refractivity (Wildman–Crippen MR) is 109 cm³/mol. The van der Waals surface area contributed by atoms with E-state index < -0.39 is 0 Å². The van der Waals surface area contributed by atoms with Crippen LogP contribution in [0.25, 0.3) is 0 Å². The van der Waals surface area contributed by atoms with E-state index in [4.69, 9.17) is 4.74 Å². The number of ether oxygens (including phenoxy) is 1. The van der Waals surface area contributed by atoms with Crippen molar-refractivity contribution in [1.82, 2.24) is 10.2 Å². The van der Waals surface area contributed by atoms with Crippen LogP contribution in [0.15, 0.2) is 48.5 Å². The second-order valence-corrected chi connectivity index (χ2v) is 7.06. The highest BCUT2D eigenvalue weighted by atomic mass is 19.1. The van der Waals surface area contributed by atoms with E-state index in [2.05, 4.69) is 27.2 Å². The Hall–Kier alpha value is -2.60. The molecule has 0 spiro atoms. The van der Waals surface area contributed by atoms with Crippen LogP contribution in [0.4, 0.5) is 10.1 Å². The molecule has 0 aromatic heterocycles. The number of anilines is 1. The van der Waals surface area contributed by atoms with Crippen molar-refractivity contribution >= 4 is 11.6 Å². The summed E-state index contributed by atoms with van der Waals surface area (Å²) in [7, 11) is 1.67. The minimum absolute atomic E-state index is 0.0417. The maximum absolute atomic E-state index is 12.9. The largest absolute Gasteiger partial charge is 0.497 e. The summed E-state index contributed by atoms with van der Waals surface area (Å²) in [6.07, 6.45) is 0.698. The van der Waals surface area contributed by atoms with E-state index in [0.29, 0.717) is 13.0 Å². The molecule has 0 bridgehead atoms. The molecule has 150 valence electrons. The van der Waals surface area contributed by atoms with Crippen molar-refractivity contribution in [3.63, 3.8) is 0 Å². The standard InChI is InChI=1S/C22H28FN3O2/c1-17(22(27)24-12-11-18-3-5-19(23)6-4-18)25-13-15-26(16-14-25)20-7-9-21(28-2)10-8-20/h3-10,17H,11-16H2,1-2H3,(H,24,27). The number of nitrogens with zero attached hydrogens (tertiary/aromatic N) is 2. The van der Waals surface area contributed by atoms with E-state index in [1.807, 2.05) is 19.1 Å². The van der Waals surface area contributed by atoms with Crippen LogP contribution in [0.3, 0.4) is 0 Å². The molecule has 1 unspecified atom stereocenters. The molecule has 1 aliphatic heterocycles. The number of piperazine rings is 1. The highest BCUT2D eigenvalue weighted by molar-refractivity contribution is 5.81. The van der Waals surface area contributed by atoms with Gasteiger partial charge in [0, 0.05) is 38.4 Å². The first-order valence-electron chi connectivity index (χ1n) is 9.72. The Morgan fingerprint density at radius 2 is 1.71 bits per heavy atom. The summed E-state index contributed by atoms with van der Waals surface area (Å²) in [5.74, 6) is 0.656. The van der Waals surface area contributed by atoms with Crippen LogP contribution in [-0.2, 0) is 11.2 Å². The fraction of sp³-hybridized carbons (Fsp3) is 0.409. The Kier molecular flexibility index (Phi) is 6.87. The average Bonchev–Trinajstić information content (AvgIpc) is 2.74. The van der Waals surface area contributed by atoms with Gasteiger partial charge in [-0.1, -0.05) is 12.1 Å². The topological polar surface area (TPSA) is 44.8 Å². The molecule has 0 radical (unpaired) electrons. The molecule has 1 aliphatic rings. The lowest BCUT2D eigenvalue weighted by Crippen LogP contribution is -2.54. The number of benzene rings is 2. The predicted octanol–water partition coefficient (Wildman–Crippen LogP) is 2.70. The molecule has 0 saturated carbocycles. The van der Waals surface area contributed by atoms with Crippen molar-refractivity contribution in [3.05, 3.63) is 59.9 Å². The average molecular weight is 385 g/mol. The van der Waals surface area contributed by atoms with Gasteiger partial charge in [-0.25, -0.2) is 4.39 Å². The van der Waals surface area contributed by atoms with Gasteiger partial charge in [-0.15, -0.1) is 0 Å². The van der Waals surface area contributed by atoms with Gasteiger partial charge in [0.1, 0.15) is 11.6 Å². The molecule has 1 atom stereocenters. The molecule has 0 aliphatic carbocycles. The third-order valence-electron chi connectivity index (χ3n) is 5.31. The van der Waals surface area contributed by atoms with Crippen molar-refractivity contribution in [2.75, 3.05) is 44.7 Å². The number of methoxy groups -OCH3 is 1. The van der Waals surface area contributed by atoms with Crippen molar-refractivity contribution in [2.45, 2.75) is 19.4 Å². The first kappa shape index (κ1) is 20.1. The zero-order chi connectivity index (χ0) is 19.9. The number of halogens is 1. The summed E-state index contributed by atoms with van der Waals surface area (Å²) in [5, 5.41) is 3.00. The van der Waals surface area contributed by atoms with E-state index in [-0.39, 0.29) is 17.8 Å². The van der Waals surface area contributed by atoms with Gasteiger partial charge in [0.2, 0.25) is 5.91 Å². The number of hydrogen-bond acceptors (Lipinski definition) is 4. The van der Waals surface area contributed by atoms with Gasteiger partial charge in [0.15, 0.2) is 0 Å². The van der Waals surface area contributed by atoms with Crippen LogP contribution >= 0.6 is 0 Å². The van der Waals surface area contributed by atoms with Crippen LogP contribution in [0.2, 0.25) is 0 Å². The number of carbonyl (C=O) groups is 1. The Morgan fingerprint density at radius 3 is 2.32 bits per heavy atom. The summed E-state index contributed by atoms with van der Waals surface area (Å²) in [6, 6.07) is 14.3. The Labute approximate surface area is 166 Å². The zero-order valence-corrected chi connectivity index (χ0v) is 16.5. The minimum Gasteiger partial charge on any atom is -0.497 e. The van der Waals surface area contributed by atoms with Crippen LogP contribution in [-0.4, -0.2) is 56.7 Å². The number of carbonyl (C=O) groups excluding carboxylic acids is 1. The van der Waals surface area contributed by atoms with Gasteiger partial charge in [0.05, 0.1) is 13.2 Å². The zero-order valence-electron chi connectivity index (χ0n) is 16.5. The molecule has 1 saturated heterocycles. The third-order valence-corrected chi connectivity index (χ3v) is 5.31. The normalized spacial score (nSPS) is 15.9. The molecule has 5 nitrogen and oxygen atoms in total. The van der Waals surface area contributed by atoms with E-state index >= 15 is 0 Å². The first-order chi connectivity index (χ1) is 13.6. The Bertz CT molecular complexity index is 756. The first-order valence-corrected chi connectivity index (χ1v) is 9.72. The van der Waals surface area contributed by atoms with Gasteiger partial charge in [-0.2, -0.15) is 0 Å². The fourth-order valence-corrected chi connectivity index (χ4v) is 3.46. The van der Waals surface area contributed by atoms with Crippen LogP contribution in [0, 0.1) is 5.82 Å². The number of amides is 1. The summed E-state index contributed by atoms with van der Waals surface area (Å²) in [5.41, 5.74) is 2.19. The SMILES string of the molecule is COc1ccc(N2CCN(C(C)C(=O)NCCc3ccc(F)cc3)CC2)cc1. The van der Waals surface area contributed by atoms with Crippen molar-refractivity contribution in [3.8, 4) is 5.75 Å². The lowest BCUT2D eigenvalue weighted by molar-refractivity contribution is -0.125. The number of nitrogens with one attached hydrogen (secondary N) is 1. The highest BCUT2D eigenvalue weighted by Crippen LogP contribution is 2.21. The Balaban J connectivity index is 1.42. The highest BCUT2D eigenvalue weighted by Gasteiger charge is 2.25.